The van der Waals surface area contributed by atoms with E-state index in [1.54, 1.807) is 11.3 Å². The molecule has 4 heterocycles. The largest absolute Gasteiger partial charge is 0.338 e. The number of aromatic nitrogens is 4. The molecule has 5 aromatic rings. The molecular formula is C20H15N5S. The highest BCUT2D eigenvalue weighted by atomic mass is 32.1. The summed E-state index contributed by atoms with van der Waals surface area (Å²) in [6.07, 6.45) is 4.48. The fraction of sp³-hybridized carbons (Fsp3) is 0.0500. The lowest BCUT2D eigenvalue weighted by Gasteiger charge is -2.06. The number of hydrogen-bond donors (Lipinski definition) is 1. The average molecular weight is 357 g/mol. The zero-order valence-corrected chi connectivity index (χ0v) is 14.6. The molecule has 0 aliphatic heterocycles. The van der Waals surface area contributed by atoms with Gasteiger partial charge in [-0.1, -0.05) is 12.1 Å². The summed E-state index contributed by atoms with van der Waals surface area (Å²) < 4.78 is 1.90. The third-order valence-electron chi connectivity index (χ3n) is 4.28. The lowest BCUT2D eigenvalue weighted by molar-refractivity contribution is 0.876. The molecule has 0 amide bonds. The Kier molecular flexibility index (Phi) is 3.61. The Balaban J connectivity index is 1.49. The first-order chi connectivity index (χ1) is 12.8. The van der Waals surface area contributed by atoms with Crippen LogP contribution in [0.15, 0.2) is 71.7 Å². The second-order valence-electron chi connectivity index (χ2n) is 6.08. The van der Waals surface area contributed by atoms with Crippen molar-refractivity contribution in [3.63, 3.8) is 0 Å². The molecule has 0 aliphatic carbocycles. The summed E-state index contributed by atoms with van der Waals surface area (Å²) in [5.74, 6) is 0.804. The molecule has 126 valence electrons. The summed E-state index contributed by atoms with van der Waals surface area (Å²) in [5.41, 5.74) is 5.17. The van der Waals surface area contributed by atoms with Crippen LogP contribution in [0.2, 0.25) is 0 Å². The first kappa shape index (κ1) is 15.0. The van der Waals surface area contributed by atoms with Crippen molar-refractivity contribution in [3.05, 3.63) is 82.9 Å². The van der Waals surface area contributed by atoms with E-state index in [4.69, 9.17) is 5.10 Å². The van der Waals surface area contributed by atoms with Crippen LogP contribution in [0.3, 0.4) is 0 Å². The fourth-order valence-corrected chi connectivity index (χ4v) is 3.62. The molecule has 1 aromatic carbocycles. The molecule has 0 atom stereocenters. The highest BCUT2D eigenvalue weighted by Gasteiger charge is 2.08. The standard InChI is InChI=1S/C20H15N5S/c1-2-15-10-14(3-4-18(15)21-8-1)11-17-12-22-20-6-5-19(24-25(17)20)23-16-7-9-26-13-16/h1-10,12-13H,11H2,(H,23,24). The Bertz CT molecular complexity index is 1190. The molecule has 0 saturated heterocycles. The van der Waals surface area contributed by atoms with E-state index in [0.717, 1.165) is 40.2 Å². The van der Waals surface area contributed by atoms with Gasteiger partial charge in [0.05, 0.1) is 23.1 Å². The van der Waals surface area contributed by atoms with Gasteiger partial charge in [0.15, 0.2) is 11.5 Å². The Labute approximate surface area is 154 Å². The van der Waals surface area contributed by atoms with Crippen molar-refractivity contribution < 1.29 is 0 Å². The Morgan fingerprint density at radius 3 is 2.96 bits per heavy atom. The molecule has 0 radical (unpaired) electrons. The SMILES string of the molecule is c1cnc2ccc(Cc3cnc4ccc(Nc5ccsc5)nn34)cc2c1. The first-order valence-corrected chi connectivity index (χ1v) is 9.26. The minimum absolute atomic E-state index is 0.765. The number of anilines is 2. The molecule has 26 heavy (non-hydrogen) atoms. The van der Waals surface area contributed by atoms with Gasteiger partial charge in [-0.05, 0) is 47.3 Å². The second-order valence-corrected chi connectivity index (χ2v) is 6.86. The summed E-state index contributed by atoms with van der Waals surface area (Å²) in [6.45, 7) is 0. The van der Waals surface area contributed by atoms with Crippen molar-refractivity contribution in [3.8, 4) is 0 Å². The van der Waals surface area contributed by atoms with Gasteiger partial charge in [0.25, 0.3) is 0 Å². The molecule has 0 saturated carbocycles. The number of thiophene rings is 1. The van der Waals surface area contributed by atoms with Crippen LogP contribution in [0.5, 0.6) is 0 Å². The first-order valence-electron chi connectivity index (χ1n) is 8.32. The fourth-order valence-electron chi connectivity index (χ4n) is 3.04. The van der Waals surface area contributed by atoms with Gasteiger partial charge in [-0.25, -0.2) is 9.50 Å². The van der Waals surface area contributed by atoms with Crippen LogP contribution in [0.25, 0.3) is 16.6 Å². The van der Waals surface area contributed by atoms with E-state index in [1.165, 1.54) is 5.56 Å². The van der Waals surface area contributed by atoms with E-state index >= 15 is 0 Å². The topological polar surface area (TPSA) is 55.1 Å². The molecule has 0 bridgehead atoms. The van der Waals surface area contributed by atoms with Gasteiger partial charge in [-0.15, -0.1) is 5.10 Å². The third-order valence-corrected chi connectivity index (χ3v) is 4.96. The van der Waals surface area contributed by atoms with Crippen molar-refractivity contribution in [1.82, 2.24) is 19.6 Å². The lowest BCUT2D eigenvalue weighted by Crippen LogP contribution is -2.02. The minimum Gasteiger partial charge on any atom is -0.338 e. The van der Waals surface area contributed by atoms with E-state index in [9.17, 15) is 0 Å². The summed E-state index contributed by atoms with van der Waals surface area (Å²) in [4.78, 5) is 8.86. The number of nitrogens with zero attached hydrogens (tertiary/aromatic N) is 4. The third kappa shape index (κ3) is 2.80. The van der Waals surface area contributed by atoms with Crippen LogP contribution in [-0.2, 0) is 6.42 Å². The Morgan fingerprint density at radius 2 is 2.04 bits per heavy atom. The summed E-state index contributed by atoms with van der Waals surface area (Å²) >= 11 is 1.66. The highest BCUT2D eigenvalue weighted by Crippen LogP contribution is 2.20. The molecule has 5 rings (SSSR count). The highest BCUT2D eigenvalue weighted by molar-refractivity contribution is 7.08. The van der Waals surface area contributed by atoms with Crippen molar-refractivity contribution >= 4 is 39.4 Å². The number of imidazole rings is 1. The summed E-state index contributed by atoms with van der Waals surface area (Å²) in [7, 11) is 0. The molecule has 0 unspecified atom stereocenters. The van der Waals surface area contributed by atoms with Crippen LogP contribution < -0.4 is 5.32 Å². The molecule has 0 spiro atoms. The van der Waals surface area contributed by atoms with Crippen LogP contribution >= 0.6 is 11.3 Å². The smallest absolute Gasteiger partial charge is 0.153 e. The predicted octanol–water partition coefficient (Wildman–Crippen LogP) is 4.67. The Hall–Kier alpha value is -3.25. The minimum atomic E-state index is 0.765. The van der Waals surface area contributed by atoms with Gasteiger partial charge < -0.3 is 5.32 Å². The number of benzene rings is 1. The summed E-state index contributed by atoms with van der Waals surface area (Å²) in [6, 6.07) is 16.4. The quantitative estimate of drug-likeness (QED) is 0.508. The van der Waals surface area contributed by atoms with E-state index in [-0.39, 0.29) is 0 Å². The lowest BCUT2D eigenvalue weighted by atomic mass is 10.1. The number of rotatable bonds is 4. The van der Waals surface area contributed by atoms with E-state index in [1.807, 2.05) is 46.6 Å². The Morgan fingerprint density at radius 1 is 1.04 bits per heavy atom. The van der Waals surface area contributed by atoms with Crippen LogP contribution in [-0.4, -0.2) is 19.6 Å². The number of pyridine rings is 1. The van der Waals surface area contributed by atoms with E-state index in [2.05, 4.69) is 44.9 Å². The molecule has 5 nitrogen and oxygen atoms in total. The predicted molar refractivity (Wildman–Crippen MR) is 105 cm³/mol. The maximum Gasteiger partial charge on any atom is 0.153 e. The molecule has 0 aliphatic rings. The maximum absolute atomic E-state index is 4.70. The van der Waals surface area contributed by atoms with Gasteiger partial charge >= 0.3 is 0 Å². The zero-order valence-electron chi connectivity index (χ0n) is 13.8. The van der Waals surface area contributed by atoms with Gasteiger partial charge in [-0.2, -0.15) is 11.3 Å². The van der Waals surface area contributed by atoms with Crippen LogP contribution in [0, 0.1) is 0 Å². The van der Waals surface area contributed by atoms with Crippen molar-refractivity contribution in [2.75, 3.05) is 5.32 Å². The zero-order chi connectivity index (χ0) is 17.3. The van der Waals surface area contributed by atoms with Crippen molar-refractivity contribution in [1.29, 1.82) is 0 Å². The summed E-state index contributed by atoms with van der Waals surface area (Å²) in [5, 5.41) is 13.3. The molecule has 4 aromatic heterocycles. The van der Waals surface area contributed by atoms with Gasteiger partial charge in [0.1, 0.15) is 0 Å². The van der Waals surface area contributed by atoms with Crippen molar-refractivity contribution in [2.45, 2.75) is 6.42 Å². The maximum atomic E-state index is 4.70. The van der Waals surface area contributed by atoms with Gasteiger partial charge in [-0.3, -0.25) is 4.98 Å². The van der Waals surface area contributed by atoms with Gasteiger partial charge in [0, 0.05) is 23.4 Å². The monoisotopic (exact) mass is 357 g/mol. The number of hydrogen-bond acceptors (Lipinski definition) is 5. The number of fused-ring (bicyclic) bond motifs is 2. The van der Waals surface area contributed by atoms with Crippen molar-refractivity contribution in [2.24, 2.45) is 0 Å². The molecular weight excluding hydrogens is 342 g/mol. The van der Waals surface area contributed by atoms with Crippen LogP contribution in [0.1, 0.15) is 11.3 Å². The number of nitrogens with one attached hydrogen (secondary N) is 1. The van der Waals surface area contributed by atoms with Gasteiger partial charge in [0.2, 0.25) is 0 Å². The van der Waals surface area contributed by atoms with E-state index < -0.39 is 0 Å². The molecule has 6 heteroatoms. The molecule has 1 N–H and O–H groups in total. The normalized spacial score (nSPS) is 11.2. The van der Waals surface area contributed by atoms with Crippen LogP contribution in [0.4, 0.5) is 11.5 Å². The second kappa shape index (κ2) is 6.24. The molecule has 0 fully saturated rings. The average Bonchev–Trinajstić information content (AvgIpc) is 3.32. The van der Waals surface area contributed by atoms with E-state index in [0.29, 0.717) is 0 Å².